The maximum atomic E-state index is 12.5. The molecule has 1 amide bonds. The molecule has 0 saturated carbocycles. The van der Waals surface area contributed by atoms with Crippen LogP contribution < -0.4 is 0 Å². The minimum Gasteiger partial charge on any atom is -0.481 e. The van der Waals surface area contributed by atoms with Crippen LogP contribution in [0.4, 0.5) is 5.69 Å². The monoisotopic (exact) mass is 312 g/mol. The summed E-state index contributed by atoms with van der Waals surface area (Å²) in [5.41, 5.74) is -0.555. The van der Waals surface area contributed by atoms with Gasteiger partial charge >= 0.3 is 5.97 Å². The number of piperidine rings is 1. The molecule has 8 heteroatoms. The quantitative estimate of drug-likeness (QED) is 0.681. The Morgan fingerprint density at radius 3 is 2.76 bits per heavy atom. The molecule has 1 aliphatic heterocycles. The fraction of sp³-hybridized carbons (Fsp3) is 0.385. The zero-order valence-corrected chi connectivity index (χ0v) is 11.7. The number of carbonyl (C=O) groups is 2. The number of likely N-dealkylation sites (tertiary alicyclic amines) is 1. The maximum absolute atomic E-state index is 12.5. The SMILES string of the molecule is O=C(O)[C@H]1CCCN(C(=O)c2c(Cl)cccc2[N+](=O)[O-])C1. The van der Waals surface area contributed by atoms with Gasteiger partial charge in [-0.1, -0.05) is 17.7 Å². The van der Waals surface area contributed by atoms with Gasteiger partial charge in [0.15, 0.2) is 0 Å². The highest BCUT2D eigenvalue weighted by atomic mass is 35.5. The van der Waals surface area contributed by atoms with E-state index in [-0.39, 0.29) is 22.8 Å². The molecule has 21 heavy (non-hydrogen) atoms. The number of carboxylic acid groups (broad SMARTS) is 1. The molecule has 1 atom stereocenters. The Morgan fingerprint density at radius 2 is 2.14 bits per heavy atom. The third-order valence-electron chi connectivity index (χ3n) is 3.46. The minimum absolute atomic E-state index is 0.00773. The van der Waals surface area contributed by atoms with Gasteiger partial charge in [-0.3, -0.25) is 19.7 Å². The number of carbonyl (C=O) groups excluding carboxylic acids is 1. The van der Waals surface area contributed by atoms with Gasteiger partial charge in [0.1, 0.15) is 5.56 Å². The number of amides is 1. The number of rotatable bonds is 3. The Kier molecular flexibility index (Phi) is 4.42. The van der Waals surface area contributed by atoms with Crippen molar-refractivity contribution in [2.45, 2.75) is 12.8 Å². The smallest absolute Gasteiger partial charge is 0.308 e. The van der Waals surface area contributed by atoms with E-state index in [2.05, 4.69) is 0 Å². The zero-order chi connectivity index (χ0) is 15.6. The van der Waals surface area contributed by atoms with Gasteiger partial charge in [0.2, 0.25) is 0 Å². The Balaban J connectivity index is 2.32. The predicted octanol–water partition coefficient (Wildman–Crippen LogP) is 2.18. The molecule has 1 aliphatic rings. The lowest BCUT2D eigenvalue weighted by molar-refractivity contribution is -0.385. The number of aliphatic carboxylic acids is 1. The highest BCUT2D eigenvalue weighted by Gasteiger charge is 2.32. The van der Waals surface area contributed by atoms with E-state index in [1.54, 1.807) is 0 Å². The third-order valence-corrected chi connectivity index (χ3v) is 3.77. The first-order valence-corrected chi connectivity index (χ1v) is 6.74. The molecule has 112 valence electrons. The Hall–Kier alpha value is -2.15. The number of halogens is 1. The first kappa shape index (κ1) is 15.2. The van der Waals surface area contributed by atoms with Gasteiger partial charge in [0.05, 0.1) is 15.9 Å². The summed E-state index contributed by atoms with van der Waals surface area (Å²) < 4.78 is 0. The van der Waals surface area contributed by atoms with Gasteiger partial charge in [-0.15, -0.1) is 0 Å². The molecule has 1 aromatic carbocycles. The lowest BCUT2D eigenvalue weighted by Crippen LogP contribution is -2.42. The molecule has 0 bridgehead atoms. The summed E-state index contributed by atoms with van der Waals surface area (Å²) in [4.78, 5) is 35.1. The fourth-order valence-corrected chi connectivity index (χ4v) is 2.65. The van der Waals surface area contributed by atoms with E-state index >= 15 is 0 Å². The molecule has 7 nitrogen and oxygen atoms in total. The molecule has 0 spiro atoms. The second-order valence-corrected chi connectivity index (χ2v) is 5.23. The second kappa shape index (κ2) is 6.09. The van der Waals surface area contributed by atoms with Crippen LogP contribution in [0.2, 0.25) is 5.02 Å². The maximum Gasteiger partial charge on any atom is 0.308 e. The summed E-state index contributed by atoms with van der Waals surface area (Å²) in [5.74, 6) is -2.22. The van der Waals surface area contributed by atoms with Crippen LogP contribution in [0.3, 0.4) is 0 Å². The molecular formula is C13H13ClN2O5. The highest BCUT2D eigenvalue weighted by Crippen LogP contribution is 2.29. The third kappa shape index (κ3) is 3.13. The predicted molar refractivity (Wildman–Crippen MR) is 74.4 cm³/mol. The van der Waals surface area contributed by atoms with Crippen molar-refractivity contribution in [3.8, 4) is 0 Å². The van der Waals surface area contributed by atoms with E-state index in [1.165, 1.54) is 23.1 Å². The molecule has 0 unspecified atom stereocenters. The first-order valence-electron chi connectivity index (χ1n) is 6.36. The van der Waals surface area contributed by atoms with Gasteiger partial charge < -0.3 is 10.0 Å². The average Bonchev–Trinajstić information content (AvgIpc) is 2.46. The lowest BCUT2D eigenvalue weighted by Gasteiger charge is -2.30. The molecule has 1 N–H and O–H groups in total. The first-order chi connectivity index (χ1) is 9.91. The van der Waals surface area contributed by atoms with E-state index in [1.807, 2.05) is 0 Å². The van der Waals surface area contributed by atoms with Crippen LogP contribution in [0.5, 0.6) is 0 Å². The largest absolute Gasteiger partial charge is 0.481 e. The van der Waals surface area contributed by atoms with Crippen molar-refractivity contribution >= 4 is 29.2 Å². The number of nitro benzene ring substituents is 1. The van der Waals surface area contributed by atoms with E-state index in [0.717, 1.165) is 0 Å². The van der Waals surface area contributed by atoms with Crippen molar-refractivity contribution in [3.63, 3.8) is 0 Å². The van der Waals surface area contributed by atoms with Gasteiger partial charge in [-0.2, -0.15) is 0 Å². The molecule has 0 aromatic heterocycles. The van der Waals surface area contributed by atoms with Crippen molar-refractivity contribution in [2.75, 3.05) is 13.1 Å². The van der Waals surface area contributed by atoms with Crippen LogP contribution >= 0.6 is 11.6 Å². The molecular weight excluding hydrogens is 300 g/mol. The van der Waals surface area contributed by atoms with E-state index < -0.39 is 22.7 Å². The molecule has 1 fully saturated rings. The van der Waals surface area contributed by atoms with E-state index in [0.29, 0.717) is 19.4 Å². The summed E-state index contributed by atoms with van der Waals surface area (Å²) in [7, 11) is 0. The van der Waals surface area contributed by atoms with Crippen molar-refractivity contribution in [1.82, 2.24) is 4.90 Å². The average molecular weight is 313 g/mol. The molecule has 1 aromatic rings. The number of nitrogens with zero attached hydrogens (tertiary/aromatic N) is 2. The lowest BCUT2D eigenvalue weighted by atomic mass is 9.97. The van der Waals surface area contributed by atoms with Crippen molar-refractivity contribution < 1.29 is 19.6 Å². The van der Waals surface area contributed by atoms with Gasteiger partial charge in [0.25, 0.3) is 11.6 Å². The Morgan fingerprint density at radius 1 is 1.43 bits per heavy atom. The Labute approximate surface area is 125 Å². The highest BCUT2D eigenvalue weighted by molar-refractivity contribution is 6.34. The summed E-state index contributed by atoms with van der Waals surface area (Å²) in [6.45, 7) is 0.404. The molecule has 1 saturated heterocycles. The van der Waals surface area contributed by atoms with Crippen molar-refractivity contribution in [3.05, 3.63) is 38.9 Å². The fourth-order valence-electron chi connectivity index (χ4n) is 2.40. The van der Waals surface area contributed by atoms with Crippen molar-refractivity contribution in [2.24, 2.45) is 5.92 Å². The van der Waals surface area contributed by atoms with Crippen LogP contribution in [-0.4, -0.2) is 39.9 Å². The summed E-state index contributed by atoms with van der Waals surface area (Å²) in [6, 6.07) is 4.01. The van der Waals surface area contributed by atoms with Crippen LogP contribution in [0.15, 0.2) is 18.2 Å². The van der Waals surface area contributed by atoms with E-state index in [9.17, 15) is 19.7 Å². The van der Waals surface area contributed by atoms with Crippen LogP contribution in [0.25, 0.3) is 0 Å². The van der Waals surface area contributed by atoms with Gasteiger partial charge in [-0.25, -0.2) is 0 Å². The number of nitro groups is 1. The van der Waals surface area contributed by atoms with Crippen LogP contribution in [-0.2, 0) is 4.79 Å². The van der Waals surface area contributed by atoms with Crippen LogP contribution in [0, 0.1) is 16.0 Å². The topological polar surface area (TPSA) is 101 Å². The Bertz CT molecular complexity index is 604. The summed E-state index contributed by atoms with van der Waals surface area (Å²) in [6.07, 6.45) is 1.03. The summed E-state index contributed by atoms with van der Waals surface area (Å²) in [5, 5.41) is 20.0. The number of carboxylic acids is 1. The normalized spacial score (nSPS) is 18.3. The number of benzene rings is 1. The van der Waals surface area contributed by atoms with Crippen molar-refractivity contribution in [1.29, 1.82) is 0 Å². The molecule has 2 rings (SSSR count). The van der Waals surface area contributed by atoms with E-state index in [4.69, 9.17) is 16.7 Å². The summed E-state index contributed by atoms with van der Waals surface area (Å²) >= 11 is 5.92. The number of hydrogen-bond acceptors (Lipinski definition) is 4. The van der Waals surface area contributed by atoms with Crippen LogP contribution in [0.1, 0.15) is 23.2 Å². The van der Waals surface area contributed by atoms with Gasteiger partial charge in [-0.05, 0) is 18.9 Å². The van der Waals surface area contributed by atoms with Gasteiger partial charge in [0, 0.05) is 19.2 Å². The molecule has 1 heterocycles. The molecule has 0 radical (unpaired) electrons. The zero-order valence-electron chi connectivity index (χ0n) is 11.0. The number of hydrogen-bond donors (Lipinski definition) is 1. The second-order valence-electron chi connectivity index (χ2n) is 4.82. The standard InChI is InChI=1S/C13H13ClN2O5/c14-9-4-1-5-10(16(20)21)11(9)12(17)15-6-2-3-8(7-15)13(18)19/h1,4-5,8H,2-3,6-7H2,(H,18,19)/t8-/m0/s1. The minimum atomic E-state index is -0.971. The molecule has 0 aliphatic carbocycles.